The molecule has 1 aromatic heterocycles. The van der Waals surface area contributed by atoms with Crippen LogP contribution in [0.4, 0.5) is 0 Å². The molecule has 1 fully saturated rings. The van der Waals surface area contributed by atoms with E-state index in [4.69, 9.17) is 0 Å². The van der Waals surface area contributed by atoms with E-state index in [9.17, 15) is 9.90 Å². The second kappa shape index (κ2) is 6.36. The Morgan fingerprint density at radius 3 is 2.65 bits per heavy atom. The van der Waals surface area contributed by atoms with Crippen LogP contribution < -0.4 is 5.32 Å². The van der Waals surface area contributed by atoms with Gasteiger partial charge in [-0.2, -0.15) is 0 Å². The van der Waals surface area contributed by atoms with Gasteiger partial charge in [0.1, 0.15) is 0 Å². The Labute approximate surface area is 137 Å². The SMILES string of the molecule is Cc1[nH]c2c(C)ccc(C)c2c1CC(=O)N[C@H]1CCCC[C@@H]1O. The first-order valence-corrected chi connectivity index (χ1v) is 8.52. The van der Waals surface area contributed by atoms with Crippen molar-refractivity contribution in [3.8, 4) is 0 Å². The van der Waals surface area contributed by atoms with Gasteiger partial charge in [-0.15, -0.1) is 0 Å². The lowest BCUT2D eigenvalue weighted by Crippen LogP contribution is -2.45. The number of rotatable bonds is 3. The lowest BCUT2D eigenvalue weighted by Gasteiger charge is -2.28. The van der Waals surface area contributed by atoms with E-state index >= 15 is 0 Å². The van der Waals surface area contributed by atoms with E-state index in [0.29, 0.717) is 6.42 Å². The van der Waals surface area contributed by atoms with Gasteiger partial charge in [-0.1, -0.05) is 25.0 Å². The van der Waals surface area contributed by atoms with Crippen molar-refractivity contribution in [1.29, 1.82) is 0 Å². The van der Waals surface area contributed by atoms with E-state index in [1.165, 1.54) is 16.5 Å². The van der Waals surface area contributed by atoms with Crippen LogP contribution in [0.2, 0.25) is 0 Å². The second-order valence-corrected chi connectivity index (χ2v) is 6.88. The van der Waals surface area contributed by atoms with Crippen molar-refractivity contribution >= 4 is 16.8 Å². The standard InChI is InChI=1S/C19H26N2O2/c1-11-8-9-12(2)19-18(11)14(13(3)20-19)10-17(23)21-15-6-4-5-7-16(15)22/h8-9,15-16,20,22H,4-7,10H2,1-3H3,(H,21,23)/t15-,16-/m0/s1. The molecule has 4 nitrogen and oxygen atoms in total. The van der Waals surface area contributed by atoms with Gasteiger partial charge in [0.25, 0.3) is 0 Å². The summed E-state index contributed by atoms with van der Waals surface area (Å²) < 4.78 is 0. The van der Waals surface area contributed by atoms with Gasteiger partial charge in [0.15, 0.2) is 0 Å². The Bertz CT molecular complexity index is 733. The van der Waals surface area contributed by atoms with Crippen LogP contribution in [-0.4, -0.2) is 28.1 Å². The summed E-state index contributed by atoms with van der Waals surface area (Å²) in [6.07, 6.45) is 3.74. The molecule has 0 spiro atoms. The highest BCUT2D eigenvalue weighted by molar-refractivity contribution is 5.93. The van der Waals surface area contributed by atoms with Crippen molar-refractivity contribution in [1.82, 2.24) is 10.3 Å². The molecule has 1 aliphatic carbocycles. The van der Waals surface area contributed by atoms with Gasteiger partial charge >= 0.3 is 0 Å². The molecule has 4 heteroatoms. The predicted octanol–water partition coefficient (Wildman–Crippen LogP) is 3.06. The molecule has 0 unspecified atom stereocenters. The van der Waals surface area contributed by atoms with Crippen LogP contribution in [0.25, 0.3) is 10.9 Å². The van der Waals surface area contributed by atoms with Gasteiger partial charge in [-0.25, -0.2) is 0 Å². The van der Waals surface area contributed by atoms with Crippen molar-refractivity contribution in [2.24, 2.45) is 0 Å². The molecule has 1 aromatic carbocycles. The second-order valence-electron chi connectivity index (χ2n) is 6.88. The third kappa shape index (κ3) is 3.13. The van der Waals surface area contributed by atoms with Crippen molar-refractivity contribution in [2.75, 3.05) is 0 Å². The maximum atomic E-state index is 12.5. The fourth-order valence-corrected chi connectivity index (χ4v) is 3.73. The van der Waals surface area contributed by atoms with E-state index in [2.05, 4.69) is 36.3 Å². The summed E-state index contributed by atoms with van der Waals surface area (Å²) in [5.41, 5.74) is 5.64. The summed E-state index contributed by atoms with van der Waals surface area (Å²) in [6.45, 7) is 6.19. The average molecular weight is 314 g/mol. The number of aliphatic hydroxyl groups excluding tert-OH is 1. The van der Waals surface area contributed by atoms with E-state index in [-0.39, 0.29) is 11.9 Å². The Balaban J connectivity index is 1.82. The van der Waals surface area contributed by atoms with Crippen LogP contribution >= 0.6 is 0 Å². The number of aliphatic hydroxyl groups is 1. The largest absolute Gasteiger partial charge is 0.391 e. The summed E-state index contributed by atoms with van der Waals surface area (Å²) in [4.78, 5) is 15.9. The number of carbonyl (C=O) groups excluding carboxylic acids is 1. The van der Waals surface area contributed by atoms with Crippen LogP contribution in [0.3, 0.4) is 0 Å². The first kappa shape index (κ1) is 16.1. The smallest absolute Gasteiger partial charge is 0.224 e. The molecule has 23 heavy (non-hydrogen) atoms. The van der Waals surface area contributed by atoms with E-state index < -0.39 is 6.10 Å². The lowest BCUT2D eigenvalue weighted by atomic mass is 9.92. The molecular formula is C19H26N2O2. The molecule has 0 saturated heterocycles. The van der Waals surface area contributed by atoms with Crippen LogP contribution in [0.1, 0.15) is 48.1 Å². The minimum Gasteiger partial charge on any atom is -0.391 e. The van der Waals surface area contributed by atoms with E-state index in [0.717, 1.165) is 42.5 Å². The van der Waals surface area contributed by atoms with Crippen LogP contribution in [0.5, 0.6) is 0 Å². The number of carbonyl (C=O) groups is 1. The van der Waals surface area contributed by atoms with Gasteiger partial charge in [0.2, 0.25) is 5.91 Å². The van der Waals surface area contributed by atoms with Crippen LogP contribution in [0.15, 0.2) is 12.1 Å². The van der Waals surface area contributed by atoms with Gasteiger partial charge in [0.05, 0.1) is 18.6 Å². The molecule has 1 aliphatic rings. The highest BCUT2D eigenvalue weighted by Gasteiger charge is 2.25. The summed E-state index contributed by atoms with van der Waals surface area (Å²) in [6, 6.07) is 4.12. The lowest BCUT2D eigenvalue weighted by molar-refractivity contribution is -0.122. The molecule has 2 aromatic rings. The molecule has 1 amide bonds. The van der Waals surface area contributed by atoms with E-state index in [1.807, 2.05) is 6.92 Å². The highest BCUT2D eigenvalue weighted by Crippen LogP contribution is 2.28. The number of hydrogen-bond acceptors (Lipinski definition) is 2. The normalized spacial score (nSPS) is 21.6. The number of H-pyrrole nitrogens is 1. The maximum absolute atomic E-state index is 12.5. The molecule has 124 valence electrons. The van der Waals surface area contributed by atoms with Crippen molar-refractivity contribution in [3.63, 3.8) is 0 Å². The number of benzene rings is 1. The molecule has 1 saturated carbocycles. The monoisotopic (exact) mass is 314 g/mol. The summed E-state index contributed by atoms with van der Waals surface area (Å²) >= 11 is 0. The third-order valence-electron chi connectivity index (χ3n) is 5.10. The van der Waals surface area contributed by atoms with Crippen molar-refractivity contribution in [3.05, 3.63) is 34.5 Å². The zero-order chi connectivity index (χ0) is 16.6. The van der Waals surface area contributed by atoms with Gasteiger partial charge in [-0.05, 0) is 50.3 Å². The topological polar surface area (TPSA) is 65.1 Å². The average Bonchev–Trinajstić information content (AvgIpc) is 2.84. The zero-order valence-corrected chi connectivity index (χ0v) is 14.2. The highest BCUT2D eigenvalue weighted by atomic mass is 16.3. The van der Waals surface area contributed by atoms with E-state index in [1.54, 1.807) is 0 Å². The van der Waals surface area contributed by atoms with Gasteiger partial charge in [-0.3, -0.25) is 4.79 Å². The van der Waals surface area contributed by atoms with Gasteiger partial charge in [0, 0.05) is 16.6 Å². The number of aromatic nitrogens is 1. The third-order valence-corrected chi connectivity index (χ3v) is 5.10. The first-order chi connectivity index (χ1) is 11.0. The quantitative estimate of drug-likeness (QED) is 0.815. The summed E-state index contributed by atoms with van der Waals surface area (Å²) in [5.74, 6) is 0.000793. The van der Waals surface area contributed by atoms with Crippen LogP contribution in [-0.2, 0) is 11.2 Å². The summed E-state index contributed by atoms with van der Waals surface area (Å²) in [5, 5.41) is 14.2. The molecule has 0 aliphatic heterocycles. The van der Waals surface area contributed by atoms with Gasteiger partial charge < -0.3 is 15.4 Å². The molecule has 3 N–H and O–H groups in total. The fourth-order valence-electron chi connectivity index (χ4n) is 3.73. The first-order valence-electron chi connectivity index (χ1n) is 8.52. The summed E-state index contributed by atoms with van der Waals surface area (Å²) in [7, 11) is 0. The molecule has 0 radical (unpaired) electrons. The minimum absolute atomic E-state index is 0.000793. The fraction of sp³-hybridized carbons (Fsp3) is 0.526. The molecule has 3 rings (SSSR count). The zero-order valence-electron chi connectivity index (χ0n) is 14.2. The Morgan fingerprint density at radius 1 is 1.22 bits per heavy atom. The molecular weight excluding hydrogens is 288 g/mol. The number of aryl methyl sites for hydroxylation is 3. The number of aromatic amines is 1. The van der Waals surface area contributed by atoms with Crippen LogP contribution in [0, 0.1) is 20.8 Å². The number of nitrogens with one attached hydrogen (secondary N) is 2. The number of hydrogen-bond donors (Lipinski definition) is 3. The number of amides is 1. The number of fused-ring (bicyclic) bond motifs is 1. The Morgan fingerprint density at radius 2 is 1.91 bits per heavy atom. The predicted molar refractivity (Wildman–Crippen MR) is 92.6 cm³/mol. The Hall–Kier alpha value is -1.81. The Kier molecular flexibility index (Phi) is 4.44. The molecule has 2 atom stereocenters. The molecule has 1 heterocycles. The molecule has 0 bridgehead atoms. The van der Waals surface area contributed by atoms with Crippen molar-refractivity contribution in [2.45, 2.75) is 65.0 Å². The minimum atomic E-state index is -0.402. The van der Waals surface area contributed by atoms with Crippen molar-refractivity contribution < 1.29 is 9.90 Å². The maximum Gasteiger partial charge on any atom is 0.224 e.